The van der Waals surface area contributed by atoms with Gasteiger partial charge in [0.1, 0.15) is 10.8 Å². The van der Waals surface area contributed by atoms with Crippen molar-refractivity contribution in [3.05, 3.63) is 77.6 Å². The van der Waals surface area contributed by atoms with Crippen LogP contribution in [-0.2, 0) is 12.3 Å². The van der Waals surface area contributed by atoms with E-state index in [2.05, 4.69) is 39.2 Å². The van der Waals surface area contributed by atoms with Crippen molar-refractivity contribution in [1.29, 1.82) is 0 Å². The molecule has 0 N–H and O–H groups in total. The van der Waals surface area contributed by atoms with E-state index in [1.54, 1.807) is 23.1 Å². The number of nitrogens with zero attached hydrogens (tertiary/aromatic N) is 4. The standard InChI is InChI=1S/C22H22N4OS2/c1-3-26-20(16(2)27-19-12-8-5-9-13-19)24-25-22(26)29-15-18-14-28-21(23-18)17-10-6-4-7-11-17/h4-14,16H,3,15H2,1-2H3. The third-order valence-corrected chi connectivity index (χ3v) is 6.34. The molecule has 0 aliphatic rings. The third kappa shape index (κ3) is 4.68. The normalized spacial score (nSPS) is 12.1. The van der Waals surface area contributed by atoms with E-state index in [0.717, 1.165) is 45.3 Å². The molecule has 0 saturated heterocycles. The summed E-state index contributed by atoms with van der Waals surface area (Å²) in [5.41, 5.74) is 2.21. The van der Waals surface area contributed by atoms with Gasteiger partial charge in [0.25, 0.3) is 0 Å². The van der Waals surface area contributed by atoms with Crippen LogP contribution in [0, 0.1) is 0 Å². The Morgan fingerprint density at radius 2 is 1.76 bits per heavy atom. The van der Waals surface area contributed by atoms with Gasteiger partial charge in [-0.05, 0) is 26.0 Å². The maximum absolute atomic E-state index is 6.03. The number of hydrogen-bond acceptors (Lipinski definition) is 6. The van der Waals surface area contributed by atoms with Gasteiger partial charge in [-0.2, -0.15) is 0 Å². The first kappa shape index (κ1) is 19.7. The monoisotopic (exact) mass is 422 g/mol. The minimum Gasteiger partial charge on any atom is -0.483 e. The molecule has 0 spiro atoms. The second kappa shape index (κ2) is 9.24. The number of para-hydroxylation sites is 1. The molecule has 7 heteroatoms. The Bertz CT molecular complexity index is 1050. The first-order valence-corrected chi connectivity index (χ1v) is 11.4. The zero-order valence-corrected chi connectivity index (χ0v) is 18.0. The molecule has 0 bridgehead atoms. The van der Waals surface area contributed by atoms with Gasteiger partial charge in [0.2, 0.25) is 0 Å². The van der Waals surface area contributed by atoms with Crippen molar-refractivity contribution < 1.29 is 4.74 Å². The summed E-state index contributed by atoms with van der Waals surface area (Å²) in [5.74, 6) is 2.42. The molecule has 1 unspecified atom stereocenters. The van der Waals surface area contributed by atoms with Gasteiger partial charge in [-0.1, -0.05) is 60.3 Å². The molecule has 4 rings (SSSR count). The van der Waals surface area contributed by atoms with Gasteiger partial charge in [0.05, 0.1) is 5.69 Å². The topological polar surface area (TPSA) is 52.8 Å². The molecular weight excluding hydrogens is 400 g/mol. The Kier molecular flexibility index (Phi) is 6.27. The van der Waals surface area contributed by atoms with Crippen molar-refractivity contribution in [2.45, 2.75) is 37.4 Å². The van der Waals surface area contributed by atoms with Crippen molar-refractivity contribution >= 4 is 23.1 Å². The first-order chi connectivity index (χ1) is 14.2. The predicted molar refractivity (Wildman–Crippen MR) is 118 cm³/mol. The average Bonchev–Trinajstić information content (AvgIpc) is 3.40. The highest BCUT2D eigenvalue weighted by Crippen LogP contribution is 2.29. The van der Waals surface area contributed by atoms with Crippen LogP contribution in [0.2, 0.25) is 0 Å². The second-order valence-corrected chi connectivity index (χ2v) is 8.26. The van der Waals surface area contributed by atoms with Crippen LogP contribution in [0.3, 0.4) is 0 Å². The summed E-state index contributed by atoms with van der Waals surface area (Å²) >= 11 is 3.33. The largest absolute Gasteiger partial charge is 0.483 e. The number of rotatable bonds is 8. The van der Waals surface area contributed by atoms with Gasteiger partial charge in [0, 0.05) is 23.2 Å². The molecule has 4 aromatic rings. The summed E-state index contributed by atoms with van der Waals surface area (Å²) in [6, 6.07) is 20.1. The first-order valence-electron chi connectivity index (χ1n) is 9.52. The Labute approximate surface area is 178 Å². The molecule has 0 amide bonds. The summed E-state index contributed by atoms with van der Waals surface area (Å²) in [6.07, 6.45) is -0.178. The zero-order chi connectivity index (χ0) is 20.1. The molecule has 148 valence electrons. The van der Waals surface area contributed by atoms with Crippen molar-refractivity contribution in [1.82, 2.24) is 19.7 Å². The van der Waals surface area contributed by atoms with E-state index >= 15 is 0 Å². The second-order valence-electron chi connectivity index (χ2n) is 6.46. The molecule has 5 nitrogen and oxygen atoms in total. The van der Waals surface area contributed by atoms with Gasteiger partial charge in [-0.15, -0.1) is 21.5 Å². The molecule has 2 heterocycles. The lowest BCUT2D eigenvalue weighted by Gasteiger charge is -2.15. The quantitative estimate of drug-likeness (QED) is 0.333. The molecule has 0 fully saturated rings. The van der Waals surface area contributed by atoms with E-state index in [0.29, 0.717) is 0 Å². The highest BCUT2D eigenvalue weighted by Gasteiger charge is 2.19. The van der Waals surface area contributed by atoms with Crippen LogP contribution in [0.15, 0.2) is 71.2 Å². The average molecular weight is 423 g/mol. The fourth-order valence-corrected chi connectivity index (χ4v) is 4.82. The number of aromatic nitrogens is 4. The van der Waals surface area contributed by atoms with E-state index in [1.807, 2.05) is 55.5 Å². The van der Waals surface area contributed by atoms with Crippen molar-refractivity contribution in [3.63, 3.8) is 0 Å². The number of ether oxygens (including phenoxy) is 1. The minimum absolute atomic E-state index is 0.178. The third-order valence-electron chi connectivity index (χ3n) is 4.40. The summed E-state index contributed by atoms with van der Waals surface area (Å²) < 4.78 is 8.14. The Morgan fingerprint density at radius 1 is 1.03 bits per heavy atom. The van der Waals surface area contributed by atoms with Gasteiger partial charge in [-0.3, -0.25) is 0 Å². The number of thiazole rings is 1. The molecule has 1 atom stereocenters. The summed E-state index contributed by atoms with van der Waals surface area (Å²) in [5, 5.41) is 12.8. The van der Waals surface area contributed by atoms with E-state index in [4.69, 9.17) is 9.72 Å². The highest BCUT2D eigenvalue weighted by molar-refractivity contribution is 7.98. The zero-order valence-electron chi connectivity index (χ0n) is 16.4. The van der Waals surface area contributed by atoms with Crippen molar-refractivity contribution in [3.8, 4) is 16.3 Å². The van der Waals surface area contributed by atoms with Crippen LogP contribution in [0.25, 0.3) is 10.6 Å². The summed E-state index contributed by atoms with van der Waals surface area (Å²) in [7, 11) is 0. The van der Waals surface area contributed by atoms with Crippen LogP contribution in [0.1, 0.15) is 31.5 Å². The van der Waals surface area contributed by atoms with Crippen molar-refractivity contribution in [2.75, 3.05) is 0 Å². The Hall–Kier alpha value is -2.64. The molecule has 2 aromatic heterocycles. The van der Waals surface area contributed by atoms with Crippen molar-refractivity contribution in [2.24, 2.45) is 0 Å². The lowest BCUT2D eigenvalue weighted by atomic mass is 10.2. The van der Waals surface area contributed by atoms with Crippen LogP contribution < -0.4 is 4.74 Å². The van der Waals surface area contributed by atoms with Gasteiger partial charge < -0.3 is 9.30 Å². The summed E-state index contributed by atoms with van der Waals surface area (Å²) in [6.45, 7) is 4.90. The van der Waals surface area contributed by atoms with Gasteiger partial charge in [0.15, 0.2) is 17.1 Å². The van der Waals surface area contributed by atoms with E-state index in [1.165, 1.54) is 0 Å². The minimum atomic E-state index is -0.178. The maximum Gasteiger partial charge on any atom is 0.191 e. The molecule has 0 radical (unpaired) electrons. The highest BCUT2D eigenvalue weighted by atomic mass is 32.2. The molecular formula is C22H22N4OS2. The lowest BCUT2D eigenvalue weighted by Crippen LogP contribution is -2.11. The number of benzene rings is 2. The molecule has 0 saturated carbocycles. The van der Waals surface area contributed by atoms with E-state index in [-0.39, 0.29) is 6.10 Å². The Balaban J connectivity index is 1.44. The van der Waals surface area contributed by atoms with Crippen LogP contribution in [0.5, 0.6) is 5.75 Å². The Morgan fingerprint density at radius 3 is 2.48 bits per heavy atom. The van der Waals surface area contributed by atoms with E-state index < -0.39 is 0 Å². The molecule has 0 aliphatic carbocycles. The van der Waals surface area contributed by atoms with Crippen LogP contribution >= 0.6 is 23.1 Å². The number of hydrogen-bond donors (Lipinski definition) is 0. The lowest BCUT2D eigenvalue weighted by molar-refractivity contribution is 0.210. The molecule has 2 aromatic carbocycles. The van der Waals surface area contributed by atoms with E-state index in [9.17, 15) is 0 Å². The van der Waals surface area contributed by atoms with Gasteiger partial charge in [-0.25, -0.2) is 4.98 Å². The molecule has 0 aliphatic heterocycles. The summed E-state index contributed by atoms with van der Waals surface area (Å²) in [4.78, 5) is 4.76. The van der Waals surface area contributed by atoms with Gasteiger partial charge >= 0.3 is 0 Å². The number of thioether (sulfide) groups is 1. The fourth-order valence-electron chi connectivity index (χ4n) is 2.99. The maximum atomic E-state index is 6.03. The SMILES string of the molecule is CCn1c(SCc2csc(-c3ccccc3)n2)nnc1C(C)Oc1ccccc1. The predicted octanol–water partition coefficient (Wildman–Crippen LogP) is 5.85. The van der Waals surface area contributed by atoms with Crippen LogP contribution in [0.4, 0.5) is 0 Å². The fraction of sp³-hybridized carbons (Fsp3) is 0.227. The molecule has 29 heavy (non-hydrogen) atoms. The van der Waals surface area contributed by atoms with Crippen LogP contribution in [-0.4, -0.2) is 19.7 Å². The smallest absolute Gasteiger partial charge is 0.191 e.